The van der Waals surface area contributed by atoms with E-state index in [0.29, 0.717) is 0 Å². The molecule has 0 spiro atoms. The summed E-state index contributed by atoms with van der Waals surface area (Å²) >= 11 is 3.62. The Labute approximate surface area is 115 Å². The summed E-state index contributed by atoms with van der Waals surface area (Å²) in [6.45, 7) is 2.96. The first-order chi connectivity index (χ1) is 8.75. The van der Waals surface area contributed by atoms with Gasteiger partial charge in [0, 0.05) is 4.47 Å². The molecule has 0 radical (unpaired) electrons. The molecule has 1 aliphatic rings. The van der Waals surface area contributed by atoms with Crippen molar-refractivity contribution in [2.24, 2.45) is 0 Å². The van der Waals surface area contributed by atoms with Gasteiger partial charge in [-0.05, 0) is 47.1 Å². The van der Waals surface area contributed by atoms with Gasteiger partial charge < -0.3 is 9.64 Å². The van der Waals surface area contributed by atoms with Crippen LogP contribution in [0, 0.1) is 0 Å². The number of para-hydroxylation sites is 3. The SMILES string of the molecule is CC1CN(c2ccccc2Br)c2ccccc2O1. The third kappa shape index (κ3) is 1.99. The van der Waals surface area contributed by atoms with E-state index in [9.17, 15) is 0 Å². The Morgan fingerprint density at radius 1 is 1.06 bits per heavy atom. The lowest BCUT2D eigenvalue weighted by atomic mass is 10.1. The third-order valence-corrected chi connectivity index (χ3v) is 3.74. The molecular weight excluding hydrogens is 290 g/mol. The molecule has 1 atom stereocenters. The number of hydrogen-bond acceptors (Lipinski definition) is 2. The van der Waals surface area contributed by atoms with Crippen LogP contribution in [0.5, 0.6) is 5.75 Å². The van der Waals surface area contributed by atoms with Crippen LogP contribution in [0.1, 0.15) is 6.92 Å². The standard InChI is InChI=1S/C15H14BrNO/c1-11-10-17(13-7-3-2-6-12(13)16)14-8-4-5-9-15(14)18-11/h2-9,11H,10H2,1H3. The maximum atomic E-state index is 5.87. The average Bonchev–Trinajstić information content (AvgIpc) is 2.38. The first-order valence-electron chi connectivity index (χ1n) is 6.03. The van der Waals surface area contributed by atoms with Gasteiger partial charge in [0.05, 0.1) is 17.9 Å². The number of anilines is 2. The molecule has 2 nitrogen and oxygen atoms in total. The van der Waals surface area contributed by atoms with Crippen LogP contribution in [0.4, 0.5) is 11.4 Å². The third-order valence-electron chi connectivity index (χ3n) is 3.07. The van der Waals surface area contributed by atoms with Crippen LogP contribution >= 0.6 is 15.9 Å². The summed E-state index contributed by atoms with van der Waals surface area (Å²) in [4.78, 5) is 2.30. The summed E-state index contributed by atoms with van der Waals surface area (Å²) in [5.74, 6) is 0.951. The number of rotatable bonds is 1. The van der Waals surface area contributed by atoms with Crippen LogP contribution in [-0.4, -0.2) is 12.6 Å². The molecule has 3 rings (SSSR count). The summed E-state index contributed by atoms with van der Waals surface area (Å²) in [6, 6.07) is 16.5. The molecular formula is C15H14BrNO. The Hall–Kier alpha value is -1.48. The van der Waals surface area contributed by atoms with Crippen molar-refractivity contribution in [1.82, 2.24) is 0 Å². The second kappa shape index (κ2) is 4.65. The van der Waals surface area contributed by atoms with E-state index in [-0.39, 0.29) is 6.10 Å². The number of ether oxygens (including phenoxy) is 1. The van der Waals surface area contributed by atoms with Crippen molar-refractivity contribution in [2.75, 3.05) is 11.4 Å². The van der Waals surface area contributed by atoms with Crippen LogP contribution in [-0.2, 0) is 0 Å². The fraction of sp³-hybridized carbons (Fsp3) is 0.200. The maximum Gasteiger partial charge on any atom is 0.143 e. The Morgan fingerprint density at radius 2 is 1.72 bits per heavy atom. The normalized spacial score (nSPS) is 18.1. The number of hydrogen-bond donors (Lipinski definition) is 0. The molecule has 0 aliphatic carbocycles. The number of fused-ring (bicyclic) bond motifs is 1. The second-order valence-corrected chi connectivity index (χ2v) is 5.31. The number of nitrogens with zero attached hydrogens (tertiary/aromatic N) is 1. The molecule has 18 heavy (non-hydrogen) atoms. The maximum absolute atomic E-state index is 5.87. The van der Waals surface area contributed by atoms with Crippen molar-refractivity contribution in [3.8, 4) is 5.75 Å². The predicted octanol–water partition coefficient (Wildman–Crippen LogP) is 4.37. The van der Waals surface area contributed by atoms with Crippen LogP contribution in [0.15, 0.2) is 53.0 Å². The highest BCUT2D eigenvalue weighted by atomic mass is 79.9. The molecule has 3 heteroatoms. The monoisotopic (exact) mass is 303 g/mol. The minimum Gasteiger partial charge on any atom is -0.487 e. The summed E-state index contributed by atoms with van der Waals surface area (Å²) in [5, 5.41) is 0. The van der Waals surface area contributed by atoms with E-state index in [2.05, 4.69) is 52.0 Å². The largest absolute Gasteiger partial charge is 0.487 e. The van der Waals surface area contributed by atoms with Gasteiger partial charge in [-0.2, -0.15) is 0 Å². The Bertz CT molecular complexity index is 570. The van der Waals surface area contributed by atoms with Crippen molar-refractivity contribution in [1.29, 1.82) is 0 Å². The minimum absolute atomic E-state index is 0.187. The lowest BCUT2D eigenvalue weighted by Gasteiger charge is -2.35. The highest BCUT2D eigenvalue weighted by Gasteiger charge is 2.24. The smallest absolute Gasteiger partial charge is 0.143 e. The van der Waals surface area contributed by atoms with Gasteiger partial charge in [-0.15, -0.1) is 0 Å². The van der Waals surface area contributed by atoms with E-state index >= 15 is 0 Å². The first kappa shape index (κ1) is 11.6. The number of halogens is 1. The molecule has 2 aromatic carbocycles. The first-order valence-corrected chi connectivity index (χ1v) is 6.83. The molecule has 0 amide bonds. The molecule has 0 N–H and O–H groups in total. The second-order valence-electron chi connectivity index (χ2n) is 4.46. The molecule has 1 heterocycles. The lowest BCUT2D eigenvalue weighted by molar-refractivity contribution is 0.217. The quantitative estimate of drug-likeness (QED) is 0.776. The molecule has 0 aromatic heterocycles. The van der Waals surface area contributed by atoms with Gasteiger partial charge in [0.2, 0.25) is 0 Å². The van der Waals surface area contributed by atoms with Crippen LogP contribution in [0.3, 0.4) is 0 Å². The molecule has 0 saturated heterocycles. The Kier molecular flexibility index (Phi) is 3.00. The van der Waals surface area contributed by atoms with Crippen molar-refractivity contribution in [2.45, 2.75) is 13.0 Å². The summed E-state index contributed by atoms with van der Waals surface area (Å²) < 4.78 is 6.97. The van der Waals surface area contributed by atoms with E-state index < -0.39 is 0 Å². The van der Waals surface area contributed by atoms with Crippen LogP contribution in [0.25, 0.3) is 0 Å². The van der Waals surface area contributed by atoms with Gasteiger partial charge in [-0.1, -0.05) is 24.3 Å². The highest BCUT2D eigenvalue weighted by molar-refractivity contribution is 9.10. The summed E-state index contributed by atoms with van der Waals surface area (Å²) in [7, 11) is 0. The summed E-state index contributed by atoms with van der Waals surface area (Å²) in [5.41, 5.74) is 2.31. The predicted molar refractivity (Wildman–Crippen MR) is 77.7 cm³/mol. The summed E-state index contributed by atoms with van der Waals surface area (Å²) in [6.07, 6.45) is 0.187. The van der Waals surface area contributed by atoms with Crippen LogP contribution < -0.4 is 9.64 Å². The van der Waals surface area contributed by atoms with E-state index in [4.69, 9.17) is 4.74 Å². The van der Waals surface area contributed by atoms with Crippen molar-refractivity contribution in [3.05, 3.63) is 53.0 Å². The van der Waals surface area contributed by atoms with E-state index in [1.807, 2.05) is 24.3 Å². The van der Waals surface area contributed by atoms with Gasteiger partial charge in [-0.25, -0.2) is 0 Å². The van der Waals surface area contributed by atoms with Gasteiger partial charge in [0.15, 0.2) is 0 Å². The van der Waals surface area contributed by atoms with E-state index in [1.54, 1.807) is 0 Å². The fourth-order valence-corrected chi connectivity index (χ4v) is 2.79. The zero-order chi connectivity index (χ0) is 12.5. The highest BCUT2D eigenvalue weighted by Crippen LogP contribution is 2.40. The van der Waals surface area contributed by atoms with E-state index in [1.165, 1.54) is 5.69 Å². The van der Waals surface area contributed by atoms with E-state index in [0.717, 1.165) is 22.5 Å². The van der Waals surface area contributed by atoms with Crippen molar-refractivity contribution in [3.63, 3.8) is 0 Å². The van der Waals surface area contributed by atoms with Crippen molar-refractivity contribution < 1.29 is 4.74 Å². The number of benzene rings is 2. The molecule has 0 bridgehead atoms. The molecule has 1 unspecified atom stereocenters. The van der Waals surface area contributed by atoms with Gasteiger partial charge >= 0.3 is 0 Å². The minimum atomic E-state index is 0.187. The molecule has 0 saturated carbocycles. The molecule has 2 aromatic rings. The van der Waals surface area contributed by atoms with Crippen LogP contribution in [0.2, 0.25) is 0 Å². The Balaban J connectivity index is 2.11. The molecule has 0 fully saturated rings. The van der Waals surface area contributed by atoms with Gasteiger partial charge in [-0.3, -0.25) is 0 Å². The zero-order valence-electron chi connectivity index (χ0n) is 10.1. The zero-order valence-corrected chi connectivity index (χ0v) is 11.7. The topological polar surface area (TPSA) is 12.5 Å². The molecule has 1 aliphatic heterocycles. The molecule has 92 valence electrons. The average molecular weight is 304 g/mol. The fourth-order valence-electron chi connectivity index (χ4n) is 2.29. The van der Waals surface area contributed by atoms with Gasteiger partial charge in [0.1, 0.15) is 11.9 Å². The van der Waals surface area contributed by atoms with Gasteiger partial charge in [0.25, 0.3) is 0 Å². The lowest BCUT2D eigenvalue weighted by Crippen LogP contribution is -2.35. The van der Waals surface area contributed by atoms with Crippen molar-refractivity contribution >= 4 is 27.3 Å². The Morgan fingerprint density at radius 3 is 2.50 bits per heavy atom.